The third kappa shape index (κ3) is 5.05. The van der Waals surface area contributed by atoms with Crippen LogP contribution in [0.5, 0.6) is 0 Å². The summed E-state index contributed by atoms with van der Waals surface area (Å²) in [7, 11) is 0. The van der Waals surface area contributed by atoms with E-state index in [2.05, 4.69) is 10.7 Å². The van der Waals surface area contributed by atoms with Gasteiger partial charge in [-0.3, -0.25) is 14.6 Å². The fourth-order valence-electron chi connectivity index (χ4n) is 2.43. The molecule has 4 N–H and O–H groups in total. The van der Waals surface area contributed by atoms with Crippen LogP contribution in [0.4, 0.5) is 22.0 Å². The zero-order chi connectivity index (χ0) is 21.8. The van der Waals surface area contributed by atoms with E-state index in [1.165, 1.54) is 30.3 Å². The molecule has 2 rings (SSSR count). The molecule has 1 heterocycles. The van der Waals surface area contributed by atoms with Crippen LogP contribution in [0.15, 0.2) is 42.6 Å². The second kappa shape index (κ2) is 8.95. The highest BCUT2D eigenvalue weighted by Crippen LogP contribution is 2.28. The Morgan fingerprint density at radius 1 is 1.10 bits per heavy atom. The highest BCUT2D eigenvalue weighted by atomic mass is 19.3. The fourth-order valence-corrected chi connectivity index (χ4v) is 2.43. The molecule has 0 spiro atoms. The third-order valence-electron chi connectivity index (χ3n) is 4.05. The zero-order valence-corrected chi connectivity index (χ0v) is 14.7. The van der Waals surface area contributed by atoms with E-state index in [9.17, 15) is 36.6 Å². The molecular formula is C18H16F5N3O3. The van der Waals surface area contributed by atoms with Gasteiger partial charge in [0.1, 0.15) is 18.5 Å². The monoisotopic (exact) mass is 417 g/mol. The Hall–Kier alpha value is -3.08. The first kappa shape index (κ1) is 22.2. The largest absolute Gasteiger partial charge is 0.386 e. The first-order valence-electron chi connectivity index (χ1n) is 8.15. The second-order valence-corrected chi connectivity index (χ2v) is 6.01. The average molecular weight is 417 g/mol. The normalized spacial score (nSPS) is 13.8. The van der Waals surface area contributed by atoms with Crippen molar-refractivity contribution in [3.8, 4) is 11.1 Å². The number of rotatable bonds is 8. The van der Waals surface area contributed by atoms with Crippen LogP contribution in [0, 0.1) is 0 Å². The zero-order valence-electron chi connectivity index (χ0n) is 14.7. The maximum Gasteiger partial charge on any atom is 0.365 e. The number of halogens is 5. The molecule has 29 heavy (non-hydrogen) atoms. The van der Waals surface area contributed by atoms with E-state index in [0.29, 0.717) is 11.1 Å². The highest BCUT2D eigenvalue weighted by molar-refractivity contribution is 5.82. The van der Waals surface area contributed by atoms with E-state index in [0.717, 1.165) is 12.3 Å². The van der Waals surface area contributed by atoms with Crippen LogP contribution in [-0.4, -0.2) is 41.0 Å². The number of alkyl halides is 5. The predicted octanol–water partition coefficient (Wildman–Crippen LogP) is 2.08. The number of nitrogens with two attached hydrogens (primary N) is 1. The Morgan fingerprint density at radius 3 is 2.14 bits per heavy atom. The lowest BCUT2D eigenvalue weighted by Gasteiger charge is -2.22. The minimum Gasteiger partial charge on any atom is -0.386 e. The van der Waals surface area contributed by atoms with Crippen molar-refractivity contribution in [2.45, 2.75) is 24.5 Å². The molecule has 0 aliphatic rings. The lowest BCUT2D eigenvalue weighted by molar-refractivity contribution is -0.143. The van der Waals surface area contributed by atoms with Crippen LogP contribution < -0.4 is 11.1 Å². The predicted molar refractivity (Wildman–Crippen MR) is 91.6 cm³/mol. The summed E-state index contributed by atoms with van der Waals surface area (Å²) < 4.78 is 64.7. The maximum atomic E-state index is 13.5. The van der Waals surface area contributed by atoms with Gasteiger partial charge in [-0.2, -0.15) is 17.6 Å². The number of hydrogen-bond donors (Lipinski definition) is 3. The SMILES string of the molecule is NC(=O)C(F)(F)c1ccc(-c2ccc([C@H](O)[C@@H](CF)NC(=O)C(F)F)cc2)cn1. The van der Waals surface area contributed by atoms with Crippen LogP contribution in [0.2, 0.25) is 0 Å². The van der Waals surface area contributed by atoms with Gasteiger partial charge < -0.3 is 16.2 Å². The van der Waals surface area contributed by atoms with Crippen LogP contribution in [0.3, 0.4) is 0 Å². The number of amides is 2. The molecule has 0 bridgehead atoms. The molecule has 0 saturated heterocycles. The molecule has 1 aromatic carbocycles. The molecule has 0 radical (unpaired) electrons. The van der Waals surface area contributed by atoms with E-state index >= 15 is 0 Å². The van der Waals surface area contributed by atoms with Crippen LogP contribution in [0.1, 0.15) is 17.4 Å². The van der Waals surface area contributed by atoms with Crippen molar-refractivity contribution in [1.82, 2.24) is 10.3 Å². The van der Waals surface area contributed by atoms with Gasteiger partial charge in [0.25, 0.3) is 11.8 Å². The van der Waals surface area contributed by atoms with Crippen molar-refractivity contribution >= 4 is 11.8 Å². The lowest BCUT2D eigenvalue weighted by atomic mass is 9.99. The summed E-state index contributed by atoms with van der Waals surface area (Å²) >= 11 is 0. The van der Waals surface area contributed by atoms with Crippen molar-refractivity contribution in [1.29, 1.82) is 0 Å². The van der Waals surface area contributed by atoms with E-state index in [-0.39, 0.29) is 5.56 Å². The summed E-state index contributed by atoms with van der Waals surface area (Å²) in [4.78, 5) is 25.3. The number of nitrogens with zero attached hydrogens (tertiary/aromatic N) is 1. The van der Waals surface area contributed by atoms with E-state index in [1.54, 1.807) is 5.32 Å². The van der Waals surface area contributed by atoms with Gasteiger partial charge in [-0.1, -0.05) is 30.3 Å². The van der Waals surface area contributed by atoms with Gasteiger partial charge in [0.05, 0.1) is 6.04 Å². The molecule has 2 aromatic rings. The minimum absolute atomic E-state index is 0.135. The number of aliphatic hydroxyl groups excluding tert-OH is 1. The van der Waals surface area contributed by atoms with Crippen molar-refractivity contribution in [3.63, 3.8) is 0 Å². The van der Waals surface area contributed by atoms with Crippen LogP contribution >= 0.6 is 0 Å². The number of hydrogen-bond acceptors (Lipinski definition) is 4. The Labute approximate surface area is 161 Å². The minimum atomic E-state index is -3.92. The van der Waals surface area contributed by atoms with Crippen molar-refractivity contribution < 1.29 is 36.6 Å². The number of primary amides is 1. The number of nitrogens with one attached hydrogen (secondary N) is 1. The highest BCUT2D eigenvalue weighted by Gasteiger charge is 2.40. The molecule has 6 nitrogen and oxygen atoms in total. The van der Waals surface area contributed by atoms with E-state index < -0.39 is 48.7 Å². The van der Waals surface area contributed by atoms with Gasteiger partial charge in [-0.05, 0) is 17.2 Å². The Morgan fingerprint density at radius 2 is 1.69 bits per heavy atom. The lowest BCUT2D eigenvalue weighted by Crippen LogP contribution is -2.43. The summed E-state index contributed by atoms with van der Waals surface area (Å²) in [5.74, 6) is -7.46. The molecule has 0 aliphatic carbocycles. The van der Waals surface area contributed by atoms with Gasteiger partial charge in [-0.15, -0.1) is 0 Å². The van der Waals surface area contributed by atoms with Crippen LogP contribution in [-0.2, 0) is 15.5 Å². The van der Waals surface area contributed by atoms with Crippen molar-refractivity contribution in [3.05, 3.63) is 53.9 Å². The number of aliphatic hydroxyl groups is 1. The molecule has 156 valence electrons. The summed E-state index contributed by atoms with van der Waals surface area (Å²) in [6, 6.07) is 6.24. The van der Waals surface area contributed by atoms with Gasteiger partial charge in [0, 0.05) is 11.8 Å². The number of carbonyl (C=O) groups excluding carboxylic acids is 2. The molecule has 0 aliphatic heterocycles. The number of benzene rings is 1. The fraction of sp³-hybridized carbons (Fsp3) is 0.278. The molecule has 1 aromatic heterocycles. The van der Waals surface area contributed by atoms with Crippen LogP contribution in [0.25, 0.3) is 11.1 Å². The summed E-state index contributed by atoms with van der Waals surface area (Å²) in [5, 5.41) is 11.8. The molecular weight excluding hydrogens is 401 g/mol. The Balaban J connectivity index is 2.17. The first-order chi connectivity index (χ1) is 13.6. The quantitative estimate of drug-likeness (QED) is 0.572. The molecule has 0 fully saturated rings. The van der Waals surface area contributed by atoms with Gasteiger partial charge in [-0.25, -0.2) is 4.39 Å². The standard InChI is InChI=1S/C18H16F5N3O3/c19-7-12(26-16(28)15(20)21)14(27)10-3-1-9(2-4-10)11-5-6-13(25-8-11)18(22,23)17(24)29/h1-6,8,12,14-15,27H,7H2,(H2,24,29)(H,26,28)/t12-,14+/m1/s1. The van der Waals surface area contributed by atoms with Gasteiger partial charge in [0.2, 0.25) is 0 Å². The van der Waals surface area contributed by atoms with Gasteiger partial charge in [0.15, 0.2) is 0 Å². The van der Waals surface area contributed by atoms with E-state index in [4.69, 9.17) is 0 Å². The summed E-state index contributed by atoms with van der Waals surface area (Å²) in [6.07, 6.45) is -3.85. The van der Waals surface area contributed by atoms with Gasteiger partial charge >= 0.3 is 12.3 Å². The Bertz CT molecular complexity index is 860. The molecule has 11 heteroatoms. The van der Waals surface area contributed by atoms with Crippen molar-refractivity contribution in [2.75, 3.05) is 6.67 Å². The molecule has 2 amide bonds. The first-order valence-corrected chi connectivity index (χ1v) is 8.15. The Kier molecular flexibility index (Phi) is 6.85. The topological polar surface area (TPSA) is 105 Å². The second-order valence-electron chi connectivity index (χ2n) is 6.01. The summed E-state index contributed by atoms with van der Waals surface area (Å²) in [6.45, 7) is -1.28. The molecule has 0 saturated carbocycles. The maximum absolute atomic E-state index is 13.5. The van der Waals surface area contributed by atoms with Crippen molar-refractivity contribution in [2.24, 2.45) is 5.73 Å². The van der Waals surface area contributed by atoms with E-state index in [1.807, 2.05) is 0 Å². The average Bonchev–Trinajstić information content (AvgIpc) is 2.71. The third-order valence-corrected chi connectivity index (χ3v) is 4.05. The number of aromatic nitrogens is 1. The number of carbonyl (C=O) groups is 2. The molecule has 2 atom stereocenters. The number of pyridine rings is 1. The smallest absolute Gasteiger partial charge is 0.365 e. The summed E-state index contributed by atoms with van der Waals surface area (Å²) in [5.41, 5.74) is 4.82. The molecule has 0 unspecified atom stereocenters.